The van der Waals surface area contributed by atoms with Crippen LogP contribution in [0.25, 0.3) is 0 Å². The maximum Gasteiger partial charge on any atom is 0.411 e. The van der Waals surface area contributed by atoms with E-state index in [1.807, 2.05) is 36.4 Å². The van der Waals surface area contributed by atoms with E-state index in [0.717, 1.165) is 36.2 Å². The number of anilines is 1. The van der Waals surface area contributed by atoms with Crippen molar-refractivity contribution in [1.82, 2.24) is 5.32 Å². The molecule has 23 heavy (non-hydrogen) atoms. The van der Waals surface area contributed by atoms with E-state index < -0.39 is 6.09 Å². The van der Waals surface area contributed by atoms with E-state index in [9.17, 15) is 10.1 Å². The highest BCUT2D eigenvalue weighted by Gasteiger charge is 2.17. The topological polar surface area (TPSA) is 74.2 Å². The summed E-state index contributed by atoms with van der Waals surface area (Å²) >= 11 is 0. The molecule has 1 amide bonds. The molecule has 5 nitrogen and oxygen atoms in total. The third kappa shape index (κ3) is 3.50. The van der Waals surface area contributed by atoms with E-state index in [1.54, 1.807) is 6.07 Å². The number of hydrogen-bond donors (Lipinski definition) is 2. The third-order valence-electron chi connectivity index (χ3n) is 3.84. The van der Waals surface area contributed by atoms with Gasteiger partial charge < -0.3 is 10.1 Å². The van der Waals surface area contributed by atoms with E-state index in [4.69, 9.17) is 4.74 Å². The molecule has 0 unspecified atom stereocenters. The Bertz CT molecular complexity index is 751. The van der Waals surface area contributed by atoms with E-state index in [0.29, 0.717) is 11.3 Å². The molecule has 0 aromatic heterocycles. The maximum absolute atomic E-state index is 12.0. The normalized spacial score (nSPS) is 12.8. The Morgan fingerprint density at radius 2 is 2.09 bits per heavy atom. The average molecular weight is 307 g/mol. The first-order valence-corrected chi connectivity index (χ1v) is 7.51. The first-order valence-electron chi connectivity index (χ1n) is 7.51. The fourth-order valence-electron chi connectivity index (χ4n) is 2.68. The number of hydrogen-bond acceptors (Lipinski definition) is 4. The zero-order valence-corrected chi connectivity index (χ0v) is 12.6. The number of carbonyl (C=O) groups is 1. The van der Waals surface area contributed by atoms with Gasteiger partial charge in [-0.2, -0.15) is 5.26 Å². The molecule has 1 aliphatic heterocycles. The van der Waals surface area contributed by atoms with Crippen LogP contribution in [0.5, 0.6) is 0 Å². The average Bonchev–Trinajstić information content (AvgIpc) is 2.60. The molecule has 0 radical (unpaired) electrons. The lowest BCUT2D eigenvalue weighted by atomic mass is 9.94. The predicted molar refractivity (Wildman–Crippen MR) is 86.8 cm³/mol. The zero-order valence-electron chi connectivity index (χ0n) is 12.6. The van der Waals surface area contributed by atoms with Crippen molar-refractivity contribution in [3.05, 3.63) is 64.7 Å². The van der Waals surface area contributed by atoms with Gasteiger partial charge >= 0.3 is 6.09 Å². The Balaban J connectivity index is 1.70. The highest BCUT2D eigenvalue weighted by Crippen LogP contribution is 2.25. The van der Waals surface area contributed by atoms with E-state index in [1.165, 1.54) is 0 Å². The van der Waals surface area contributed by atoms with Gasteiger partial charge in [0.15, 0.2) is 0 Å². The molecule has 1 heterocycles. The van der Waals surface area contributed by atoms with E-state index >= 15 is 0 Å². The zero-order chi connectivity index (χ0) is 16.1. The second-order valence-corrected chi connectivity index (χ2v) is 5.35. The van der Waals surface area contributed by atoms with Crippen LogP contribution in [0.2, 0.25) is 0 Å². The van der Waals surface area contributed by atoms with Crippen LogP contribution in [0.4, 0.5) is 10.5 Å². The molecule has 2 aromatic rings. The summed E-state index contributed by atoms with van der Waals surface area (Å²) in [5, 5.41) is 15.4. The highest BCUT2D eigenvalue weighted by molar-refractivity contribution is 5.87. The number of nitrogens with zero attached hydrogens (tertiary/aromatic N) is 1. The predicted octanol–water partition coefficient (Wildman–Crippen LogP) is 2.95. The van der Waals surface area contributed by atoms with Gasteiger partial charge in [-0.3, -0.25) is 5.32 Å². The van der Waals surface area contributed by atoms with Gasteiger partial charge in [0.1, 0.15) is 12.7 Å². The molecule has 0 bridgehead atoms. The van der Waals surface area contributed by atoms with Gasteiger partial charge in [0.25, 0.3) is 0 Å². The van der Waals surface area contributed by atoms with Crippen molar-refractivity contribution in [3.63, 3.8) is 0 Å². The Kier molecular flexibility index (Phi) is 4.55. The van der Waals surface area contributed by atoms with Gasteiger partial charge in [0.2, 0.25) is 0 Å². The van der Waals surface area contributed by atoms with Gasteiger partial charge in [0, 0.05) is 6.54 Å². The summed E-state index contributed by atoms with van der Waals surface area (Å²) < 4.78 is 5.20. The monoisotopic (exact) mass is 307 g/mol. The number of ether oxygens (including phenoxy) is 1. The quantitative estimate of drug-likeness (QED) is 0.914. The molecule has 0 aliphatic carbocycles. The lowest BCUT2D eigenvalue weighted by molar-refractivity contribution is 0.155. The number of nitrogens with one attached hydrogen (secondary N) is 2. The molecule has 0 atom stereocenters. The number of nitriles is 1. The Morgan fingerprint density at radius 3 is 2.87 bits per heavy atom. The largest absolute Gasteiger partial charge is 0.444 e. The fourth-order valence-corrected chi connectivity index (χ4v) is 2.68. The maximum atomic E-state index is 12.0. The third-order valence-corrected chi connectivity index (χ3v) is 3.84. The van der Waals surface area contributed by atoms with E-state index in [2.05, 4.69) is 16.7 Å². The van der Waals surface area contributed by atoms with Crippen molar-refractivity contribution in [1.29, 1.82) is 5.26 Å². The molecule has 2 aromatic carbocycles. The van der Waals surface area contributed by atoms with Gasteiger partial charge in [-0.05, 0) is 35.7 Å². The van der Waals surface area contributed by atoms with Crippen molar-refractivity contribution in [3.8, 4) is 6.07 Å². The summed E-state index contributed by atoms with van der Waals surface area (Å²) in [5.74, 6) is 0. The summed E-state index contributed by atoms with van der Waals surface area (Å²) in [4.78, 5) is 12.0. The van der Waals surface area contributed by atoms with Crippen molar-refractivity contribution < 1.29 is 9.53 Å². The van der Waals surface area contributed by atoms with Crippen LogP contribution in [0.15, 0.2) is 42.5 Å². The number of carbonyl (C=O) groups excluding carboxylic acids is 1. The Hall–Kier alpha value is -2.84. The van der Waals surface area contributed by atoms with Crippen LogP contribution in [-0.2, 0) is 24.3 Å². The van der Waals surface area contributed by atoms with Crippen LogP contribution in [0, 0.1) is 11.3 Å². The molecule has 1 aliphatic rings. The number of fused-ring (bicyclic) bond motifs is 1. The van der Waals surface area contributed by atoms with Crippen molar-refractivity contribution >= 4 is 11.8 Å². The molecule has 5 heteroatoms. The highest BCUT2D eigenvalue weighted by atomic mass is 16.5. The molecule has 0 saturated heterocycles. The van der Waals surface area contributed by atoms with Gasteiger partial charge in [-0.25, -0.2) is 4.79 Å². The van der Waals surface area contributed by atoms with Crippen LogP contribution < -0.4 is 10.6 Å². The minimum atomic E-state index is -0.556. The van der Waals surface area contributed by atoms with Crippen LogP contribution in [-0.4, -0.2) is 12.6 Å². The number of amides is 1. The molecule has 116 valence electrons. The first kappa shape index (κ1) is 15.1. The molecule has 2 N–H and O–H groups in total. The van der Waals surface area contributed by atoms with Crippen molar-refractivity contribution in [2.24, 2.45) is 0 Å². The second-order valence-electron chi connectivity index (χ2n) is 5.35. The number of rotatable bonds is 3. The van der Waals surface area contributed by atoms with Gasteiger partial charge in [-0.15, -0.1) is 0 Å². The molecule has 0 spiro atoms. The molecular weight excluding hydrogens is 290 g/mol. The summed E-state index contributed by atoms with van der Waals surface area (Å²) in [6.07, 6.45) is 0.228. The van der Waals surface area contributed by atoms with E-state index in [-0.39, 0.29) is 6.61 Å². The SMILES string of the molecule is N#Cc1c(NC(=O)OCc2ccccc2)ccc2c1CCNC2. The van der Waals surface area contributed by atoms with Crippen LogP contribution >= 0.6 is 0 Å². The second kappa shape index (κ2) is 6.95. The summed E-state index contributed by atoms with van der Waals surface area (Å²) in [7, 11) is 0. The molecule has 0 fully saturated rings. The standard InChI is InChI=1S/C18H17N3O2/c19-10-16-15-8-9-20-11-14(15)6-7-17(16)21-18(22)23-12-13-4-2-1-3-5-13/h1-7,20H,8-9,11-12H2,(H,21,22). The molecular formula is C18H17N3O2. The smallest absolute Gasteiger partial charge is 0.411 e. The summed E-state index contributed by atoms with van der Waals surface area (Å²) in [6, 6.07) is 15.4. The summed E-state index contributed by atoms with van der Waals surface area (Å²) in [6.45, 7) is 1.79. The van der Waals surface area contributed by atoms with Crippen molar-refractivity contribution in [2.45, 2.75) is 19.6 Å². The fraction of sp³-hybridized carbons (Fsp3) is 0.222. The minimum Gasteiger partial charge on any atom is -0.444 e. The Morgan fingerprint density at radius 1 is 1.26 bits per heavy atom. The first-order chi connectivity index (χ1) is 11.3. The molecule has 0 saturated carbocycles. The number of benzene rings is 2. The summed E-state index contributed by atoms with van der Waals surface area (Å²) in [5.41, 5.74) is 4.06. The lowest BCUT2D eigenvalue weighted by Crippen LogP contribution is -2.25. The van der Waals surface area contributed by atoms with Gasteiger partial charge in [0.05, 0.1) is 11.3 Å². The lowest BCUT2D eigenvalue weighted by Gasteiger charge is -2.20. The minimum absolute atomic E-state index is 0.198. The Labute approximate surface area is 134 Å². The molecule has 3 rings (SSSR count). The van der Waals surface area contributed by atoms with Gasteiger partial charge in [-0.1, -0.05) is 36.4 Å². The van der Waals surface area contributed by atoms with Crippen molar-refractivity contribution in [2.75, 3.05) is 11.9 Å². The van der Waals surface area contributed by atoms with Crippen LogP contribution in [0.3, 0.4) is 0 Å². The van der Waals surface area contributed by atoms with Crippen LogP contribution in [0.1, 0.15) is 22.3 Å².